The van der Waals surface area contributed by atoms with E-state index in [1.165, 1.54) is 18.2 Å². The Balaban J connectivity index is 1.91. The Morgan fingerprint density at radius 2 is 2.09 bits per heavy atom. The topological polar surface area (TPSA) is 90.1 Å². The Labute approximate surface area is 127 Å². The van der Waals surface area contributed by atoms with Crippen molar-refractivity contribution >= 4 is 17.7 Å². The average molecular weight is 300 g/mol. The third-order valence-electron chi connectivity index (χ3n) is 3.32. The van der Waals surface area contributed by atoms with E-state index in [2.05, 4.69) is 10.4 Å². The minimum atomic E-state index is -0.462. The van der Waals surface area contributed by atoms with Crippen LogP contribution in [-0.2, 0) is 18.4 Å². The highest BCUT2D eigenvalue weighted by Gasteiger charge is 2.05. The number of amides is 1. The molecule has 0 saturated carbocycles. The number of benzene rings is 1. The van der Waals surface area contributed by atoms with E-state index in [0.29, 0.717) is 6.54 Å². The molecule has 0 radical (unpaired) electrons. The zero-order chi connectivity index (χ0) is 16.1. The predicted octanol–water partition coefficient (Wildman–Crippen LogP) is 1.97. The normalized spacial score (nSPS) is 10.8. The lowest BCUT2D eigenvalue weighted by Gasteiger charge is -2.02. The number of nitrogens with one attached hydrogen (secondary N) is 1. The Bertz CT molecular complexity index is 717. The molecule has 0 saturated heterocycles. The van der Waals surface area contributed by atoms with Crippen LogP contribution in [-0.4, -0.2) is 20.6 Å². The summed E-state index contributed by atoms with van der Waals surface area (Å²) in [5.41, 5.74) is 2.70. The number of carbonyl (C=O) groups excluding carboxylic acids is 1. The van der Waals surface area contributed by atoms with Crippen LogP contribution in [0.2, 0.25) is 0 Å². The van der Waals surface area contributed by atoms with Crippen molar-refractivity contribution < 1.29 is 9.72 Å². The van der Waals surface area contributed by atoms with E-state index in [1.54, 1.807) is 29.1 Å². The summed E-state index contributed by atoms with van der Waals surface area (Å²) in [4.78, 5) is 21.8. The number of hydrogen-bond donors (Lipinski definition) is 1. The molecule has 0 fully saturated rings. The van der Waals surface area contributed by atoms with Crippen LogP contribution in [0.3, 0.4) is 0 Å². The van der Waals surface area contributed by atoms with Gasteiger partial charge in [-0.3, -0.25) is 19.6 Å². The Morgan fingerprint density at radius 1 is 1.41 bits per heavy atom. The van der Waals surface area contributed by atoms with Gasteiger partial charge in [-0.1, -0.05) is 0 Å². The second-order valence-corrected chi connectivity index (χ2v) is 4.78. The molecule has 114 valence electrons. The molecule has 2 rings (SSSR count). The average Bonchev–Trinajstić information content (AvgIpc) is 2.83. The summed E-state index contributed by atoms with van der Waals surface area (Å²) in [5, 5.41) is 17.4. The van der Waals surface area contributed by atoms with Gasteiger partial charge < -0.3 is 5.32 Å². The van der Waals surface area contributed by atoms with Crippen LogP contribution in [0.5, 0.6) is 0 Å². The zero-order valence-corrected chi connectivity index (χ0v) is 12.3. The number of nitrogens with zero attached hydrogens (tertiary/aromatic N) is 3. The molecule has 1 aromatic heterocycles. The number of carbonyl (C=O) groups is 1. The number of nitro groups is 1. The quantitative estimate of drug-likeness (QED) is 0.519. The lowest BCUT2D eigenvalue weighted by Crippen LogP contribution is -2.20. The largest absolute Gasteiger partial charge is 0.348 e. The molecule has 0 bridgehead atoms. The third kappa shape index (κ3) is 3.78. The van der Waals surface area contributed by atoms with Gasteiger partial charge in [0.05, 0.1) is 11.1 Å². The maximum atomic E-state index is 11.7. The molecule has 1 N–H and O–H groups in total. The first-order valence-corrected chi connectivity index (χ1v) is 6.65. The van der Waals surface area contributed by atoms with Crippen LogP contribution < -0.4 is 5.32 Å². The molecule has 1 amide bonds. The summed E-state index contributed by atoms with van der Waals surface area (Å²) in [5.74, 6) is -0.235. The minimum absolute atomic E-state index is 0.0219. The molecular formula is C15H16N4O3. The second kappa shape index (κ2) is 6.66. The first-order valence-electron chi connectivity index (χ1n) is 6.65. The molecule has 0 unspecified atom stereocenters. The van der Waals surface area contributed by atoms with Crippen LogP contribution in [0.15, 0.2) is 36.5 Å². The Morgan fingerprint density at radius 3 is 2.64 bits per heavy atom. The first-order chi connectivity index (χ1) is 10.5. The molecule has 0 aliphatic rings. The van der Waals surface area contributed by atoms with Crippen molar-refractivity contribution in [2.75, 3.05) is 0 Å². The molecule has 1 heterocycles. The van der Waals surface area contributed by atoms with Gasteiger partial charge >= 0.3 is 0 Å². The standard InChI is InChI=1S/C15H16N4O3/c1-11-13(10-17-18(11)2)9-16-15(20)8-5-12-3-6-14(7-4-12)19(21)22/h3-8,10H,9H2,1-2H3,(H,16,20)/b8-5+. The summed E-state index contributed by atoms with van der Waals surface area (Å²) in [6.07, 6.45) is 4.72. The van der Waals surface area contributed by atoms with Gasteiger partial charge in [-0.2, -0.15) is 5.10 Å². The summed E-state index contributed by atoms with van der Waals surface area (Å²) >= 11 is 0. The molecule has 0 aliphatic heterocycles. The number of aromatic nitrogens is 2. The fourth-order valence-electron chi connectivity index (χ4n) is 1.84. The fourth-order valence-corrected chi connectivity index (χ4v) is 1.84. The smallest absolute Gasteiger partial charge is 0.269 e. The SMILES string of the molecule is Cc1c(CNC(=O)/C=C/c2ccc([N+](=O)[O-])cc2)cnn1C. The molecule has 22 heavy (non-hydrogen) atoms. The van der Waals surface area contributed by atoms with Gasteiger partial charge in [0, 0.05) is 43.1 Å². The Hall–Kier alpha value is -2.96. The van der Waals surface area contributed by atoms with E-state index in [1.807, 2.05) is 14.0 Å². The number of hydrogen-bond acceptors (Lipinski definition) is 4. The van der Waals surface area contributed by atoms with E-state index in [4.69, 9.17) is 0 Å². The molecule has 7 nitrogen and oxygen atoms in total. The molecule has 0 aliphatic carbocycles. The van der Waals surface area contributed by atoms with Gasteiger partial charge in [-0.25, -0.2) is 0 Å². The van der Waals surface area contributed by atoms with Gasteiger partial charge in [0.25, 0.3) is 5.69 Å². The number of rotatable bonds is 5. The second-order valence-electron chi connectivity index (χ2n) is 4.78. The van der Waals surface area contributed by atoms with E-state index in [0.717, 1.165) is 16.8 Å². The molecule has 7 heteroatoms. The summed E-state index contributed by atoms with van der Waals surface area (Å²) in [6.45, 7) is 2.34. The third-order valence-corrected chi connectivity index (χ3v) is 3.32. The number of aryl methyl sites for hydroxylation is 1. The van der Waals surface area contributed by atoms with Gasteiger partial charge in [0.15, 0.2) is 0 Å². The number of nitro benzene ring substituents is 1. The molecule has 0 spiro atoms. The minimum Gasteiger partial charge on any atom is -0.348 e. The lowest BCUT2D eigenvalue weighted by molar-refractivity contribution is -0.384. The fraction of sp³-hybridized carbons (Fsp3) is 0.200. The van der Waals surface area contributed by atoms with Crippen molar-refractivity contribution in [1.29, 1.82) is 0 Å². The van der Waals surface area contributed by atoms with Crippen LogP contribution in [0, 0.1) is 17.0 Å². The van der Waals surface area contributed by atoms with Crippen molar-refractivity contribution in [1.82, 2.24) is 15.1 Å². The van der Waals surface area contributed by atoms with Gasteiger partial charge in [0.2, 0.25) is 5.91 Å². The van der Waals surface area contributed by atoms with Gasteiger partial charge in [-0.05, 0) is 30.7 Å². The van der Waals surface area contributed by atoms with Crippen molar-refractivity contribution in [2.24, 2.45) is 7.05 Å². The monoisotopic (exact) mass is 300 g/mol. The molecular weight excluding hydrogens is 284 g/mol. The molecule has 2 aromatic rings. The predicted molar refractivity (Wildman–Crippen MR) is 81.9 cm³/mol. The van der Waals surface area contributed by atoms with E-state index < -0.39 is 4.92 Å². The van der Waals surface area contributed by atoms with Crippen LogP contribution in [0.1, 0.15) is 16.8 Å². The van der Waals surface area contributed by atoms with Crippen molar-refractivity contribution in [2.45, 2.75) is 13.5 Å². The van der Waals surface area contributed by atoms with Crippen LogP contribution >= 0.6 is 0 Å². The lowest BCUT2D eigenvalue weighted by atomic mass is 10.2. The van der Waals surface area contributed by atoms with Crippen LogP contribution in [0.25, 0.3) is 6.08 Å². The van der Waals surface area contributed by atoms with Crippen LogP contribution in [0.4, 0.5) is 5.69 Å². The molecule has 1 aromatic carbocycles. The van der Waals surface area contributed by atoms with Gasteiger partial charge in [0.1, 0.15) is 0 Å². The zero-order valence-electron chi connectivity index (χ0n) is 12.3. The summed E-state index contributed by atoms with van der Waals surface area (Å²) in [7, 11) is 1.84. The van der Waals surface area contributed by atoms with Crippen molar-refractivity contribution in [3.8, 4) is 0 Å². The first kappa shape index (κ1) is 15.4. The molecule has 0 atom stereocenters. The van der Waals surface area contributed by atoms with Gasteiger partial charge in [-0.15, -0.1) is 0 Å². The van der Waals surface area contributed by atoms with Crippen molar-refractivity contribution in [3.05, 3.63) is 63.5 Å². The van der Waals surface area contributed by atoms with Crippen molar-refractivity contribution in [3.63, 3.8) is 0 Å². The van der Waals surface area contributed by atoms with E-state index in [9.17, 15) is 14.9 Å². The summed E-state index contributed by atoms with van der Waals surface area (Å²) < 4.78 is 1.74. The highest BCUT2D eigenvalue weighted by Crippen LogP contribution is 2.12. The maximum Gasteiger partial charge on any atom is 0.269 e. The summed E-state index contributed by atoms with van der Waals surface area (Å²) in [6, 6.07) is 5.98. The highest BCUT2D eigenvalue weighted by molar-refractivity contribution is 5.91. The highest BCUT2D eigenvalue weighted by atomic mass is 16.6. The van der Waals surface area contributed by atoms with E-state index in [-0.39, 0.29) is 11.6 Å². The van der Waals surface area contributed by atoms with E-state index >= 15 is 0 Å². The Kier molecular flexibility index (Phi) is 4.67. The maximum absolute atomic E-state index is 11.7. The number of non-ortho nitro benzene ring substituents is 1.